The van der Waals surface area contributed by atoms with Crippen LogP contribution in [-0.4, -0.2) is 50.3 Å². The largest absolute Gasteiger partial charge is 0.493 e. The predicted molar refractivity (Wildman–Crippen MR) is 122 cm³/mol. The molecule has 0 aliphatic carbocycles. The second-order valence-corrected chi connectivity index (χ2v) is 8.79. The van der Waals surface area contributed by atoms with Gasteiger partial charge in [0, 0.05) is 30.1 Å². The molecule has 4 rings (SSSR count). The summed E-state index contributed by atoms with van der Waals surface area (Å²) in [5.41, 5.74) is 1.90. The van der Waals surface area contributed by atoms with E-state index < -0.39 is 0 Å². The summed E-state index contributed by atoms with van der Waals surface area (Å²) in [6.45, 7) is 1.15. The molecular weight excluding hydrogens is 412 g/mol. The summed E-state index contributed by atoms with van der Waals surface area (Å²) in [6, 6.07) is 13.8. The van der Waals surface area contributed by atoms with Crippen molar-refractivity contribution in [2.45, 2.75) is 30.2 Å². The Morgan fingerprint density at radius 1 is 1.06 bits per heavy atom. The number of rotatable bonds is 6. The van der Waals surface area contributed by atoms with Crippen molar-refractivity contribution >= 4 is 29.3 Å². The lowest BCUT2D eigenvalue weighted by molar-refractivity contribution is -0.136. The van der Waals surface area contributed by atoms with Gasteiger partial charge in [-0.2, -0.15) is 0 Å². The Labute approximate surface area is 187 Å². The van der Waals surface area contributed by atoms with Gasteiger partial charge in [-0.3, -0.25) is 9.59 Å². The van der Waals surface area contributed by atoms with E-state index in [1.807, 2.05) is 53.6 Å². The number of likely N-dealkylation sites (tertiary alicyclic amines) is 1. The number of thioether (sulfide) groups is 1. The molecule has 2 aromatic carbocycles. The molecule has 6 nitrogen and oxygen atoms in total. The number of anilines is 1. The highest BCUT2D eigenvalue weighted by Gasteiger charge is 2.40. The van der Waals surface area contributed by atoms with Crippen LogP contribution in [0.2, 0.25) is 0 Å². The number of methoxy groups -OCH3 is 2. The van der Waals surface area contributed by atoms with Crippen LogP contribution in [0.5, 0.6) is 11.5 Å². The summed E-state index contributed by atoms with van der Waals surface area (Å²) in [5.74, 6) is 1.10. The van der Waals surface area contributed by atoms with Gasteiger partial charge in [0.15, 0.2) is 11.5 Å². The molecular formula is C24H28N2O4S. The molecule has 164 valence electrons. The van der Waals surface area contributed by atoms with E-state index in [9.17, 15) is 9.59 Å². The number of carbonyl (C=O) groups is 2. The molecule has 2 unspecified atom stereocenters. The van der Waals surface area contributed by atoms with Crippen LogP contribution in [0.25, 0.3) is 0 Å². The van der Waals surface area contributed by atoms with E-state index in [-0.39, 0.29) is 30.2 Å². The van der Waals surface area contributed by atoms with E-state index in [0.29, 0.717) is 24.6 Å². The van der Waals surface area contributed by atoms with Crippen LogP contribution >= 0.6 is 11.8 Å². The Kier molecular flexibility index (Phi) is 6.41. The molecule has 2 aromatic rings. The zero-order valence-electron chi connectivity index (χ0n) is 18.2. The highest BCUT2D eigenvalue weighted by atomic mass is 32.2. The van der Waals surface area contributed by atoms with Crippen LogP contribution < -0.4 is 14.4 Å². The van der Waals surface area contributed by atoms with Gasteiger partial charge in [-0.05, 0) is 61.1 Å². The number of hydrogen-bond donors (Lipinski definition) is 0. The van der Waals surface area contributed by atoms with Crippen molar-refractivity contribution in [3.8, 4) is 11.5 Å². The Bertz CT molecular complexity index is 963. The zero-order valence-corrected chi connectivity index (χ0v) is 19.0. The average molecular weight is 441 g/mol. The summed E-state index contributed by atoms with van der Waals surface area (Å²) in [4.78, 5) is 30.9. The zero-order chi connectivity index (χ0) is 22.0. The van der Waals surface area contributed by atoms with E-state index in [1.54, 1.807) is 30.9 Å². The number of amides is 2. The Hall–Kier alpha value is -2.67. The molecule has 31 heavy (non-hydrogen) atoms. The van der Waals surface area contributed by atoms with Gasteiger partial charge < -0.3 is 19.3 Å². The van der Waals surface area contributed by atoms with Crippen LogP contribution in [0, 0.1) is 5.92 Å². The number of benzene rings is 2. The van der Waals surface area contributed by atoms with E-state index in [4.69, 9.17) is 9.47 Å². The third-order valence-corrected chi connectivity index (χ3v) is 6.93. The minimum absolute atomic E-state index is 0.00248. The second-order valence-electron chi connectivity index (χ2n) is 7.91. The van der Waals surface area contributed by atoms with Gasteiger partial charge in [0.2, 0.25) is 11.8 Å². The second kappa shape index (κ2) is 9.22. The topological polar surface area (TPSA) is 59.1 Å². The normalized spacial score (nSPS) is 20.9. The van der Waals surface area contributed by atoms with Crippen LogP contribution in [-0.2, 0) is 9.59 Å². The third kappa shape index (κ3) is 4.24. The molecule has 2 heterocycles. The summed E-state index contributed by atoms with van der Waals surface area (Å²) in [7, 11) is 3.23. The SMILES string of the molecule is COc1ccc(C2CCCN2C(=O)C2CC(=O)N(c3ccc(SC)cc3)C2)cc1OC. The van der Waals surface area contributed by atoms with E-state index >= 15 is 0 Å². The lowest BCUT2D eigenvalue weighted by Gasteiger charge is -2.28. The molecule has 0 spiro atoms. The third-order valence-electron chi connectivity index (χ3n) is 6.19. The summed E-state index contributed by atoms with van der Waals surface area (Å²) in [5, 5.41) is 0. The fraction of sp³-hybridized carbons (Fsp3) is 0.417. The highest BCUT2D eigenvalue weighted by Crippen LogP contribution is 2.38. The van der Waals surface area contributed by atoms with E-state index in [1.165, 1.54) is 0 Å². The van der Waals surface area contributed by atoms with Gasteiger partial charge in [-0.1, -0.05) is 6.07 Å². The number of hydrogen-bond acceptors (Lipinski definition) is 5. The molecule has 0 N–H and O–H groups in total. The van der Waals surface area contributed by atoms with Gasteiger partial charge in [0.05, 0.1) is 26.2 Å². The van der Waals surface area contributed by atoms with Crippen LogP contribution in [0.1, 0.15) is 30.9 Å². The molecule has 2 amide bonds. The van der Waals surface area contributed by atoms with Crippen molar-refractivity contribution in [2.24, 2.45) is 5.92 Å². The molecule has 2 atom stereocenters. The minimum atomic E-state index is -0.312. The Morgan fingerprint density at radius 3 is 2.48 bits per heavy atom. The quantitative estimate of drug-likeness (QED) is 0.632. The molecule has 0 bridgehead atoms. The summed E-state index contributed by atoms with van der Waals surface area (Å²) >= 11 is 1.67. The van der Waals surface area contributed by atoms with Gasteiger partial charge in [-0.15, -0.1) is 11.8 Å². The smallest absolute Gasteiger partial charge is 0.228 e. The van der Waals surface area contributed by atoms with E-state index in [0.717, 1.165) is 29.0 Å². The van der Waals surface area contributed by atoms with Crippen molar-refractivity contribution in [1.82, 2.24) is 4.90 Å². The molecule has 2 aliphatic rings. The number of ether oxygens (including phenoxy) is 2. The van der Waals surface area contributed by atoms with Crippen molar-refractivity contribution < 1.29 is 19.1 Å². The maximum Gasteiger partial charge on any atom is 0.228 e. The van der Waals surface area contributed by atoms with Crippen molar-refractivity contribution in [3.05, 3.63) is 48.0 Å². The Morgan fingerprint density at radius 2 is 1.81 bits per heavy atom. The number of carbonyl (C=O) groups excluding carboxylic acids is 2. The molecule has 0 radical (unpaired) electrons. The Balaban J connectivity index is 1.50. The first-order valence-electron chi connectivity index (χ1n) is 10.5. The lowest BCUT2D eigenvalue weighted by atomic mass is 10.0. The monoisotopic (exact) mass is 440 g/mol. The fourth-order valence-electron chi connectivity index (χ4n) is 4.56. The molecule has 2 saturated heterocycles. The maximum atomic E-state index is 13.4. The van der Waals surface area contributed by atoms with Crippen LogP contribution in [0.3, 0.4) is 0 Å². The summed E-state index contributed by atoms with van der Waals surface area (Å²) in [6.07, 6.45) is 4.14. The minimum Gasteiger partial charge on any atom is -0.493 e. The van der Waals surface area contributed by atoms with Gasteiger partial charge in [0.25, 0.3) is 0 Å². The van der Waals surface area contributed by atoms with Gasteiger partial charge >= 0.3 is 0 Å². The number of nitrogens with zero attached hydrogens (tertiary/aromatic N) is 2. The van der Waals surface area contributed by atoms with Crippen molar-refractivity contribution in [2.75, 3.05) is 38.5 Å². The van der Waals surface area contributed by atoms with Crippen molar-refractivity contribution in [1.29, 1.82) is 0 Å². The first-order valence-corrected chi connectivity index (χ1v) is 11.7. The first kappa shape index (κ1) is 21.6. The maximum absolute atomic E-state index is 13.4. The summed E-state index contributed by atoms with van der Waals surface area (Å²) < 4.78 is 10.8. The molecule has 0 aromatic heterocycles. The first-order chi connectivity index (χ1) is 15.0. The molecule has 0 saturated carbocycles. The fourth-order valence-corrected chi connectivity index (χ4v) is 4.96. The molecule has 2 fully saturated rings. The average Bonchev–Trinajstić information content (AvgIpc) is 3.45. The molecule has 7 heteroatoms. The lowest BCUT2D eigenvalue weighted by Crippen LogP contribution is -2.37. The predicted octanol–water partition coefficient (Wildman–Crippen LogP) is 4.14. The highest BCUT2D eigenvalue weighted by molar-refractivity contribution is 7.98. The van der Waals surface area contributed by atoms with Gasteiger partial charge in [-0.25, -0.2) is 0 Å². The van der Waals surface area contributed by atoms with Crippen LogP contribution in [0.15, 0.2) is 47.4 Å². The van der Waals surface area contributed by atoms with Crippen LogP contribution in [0.4, 0.5) is 5.69 Å². The van der Waals surface area contributed by atoms with Gasteiger partial charge in [0.1, 0.15) is 0 Å². The molecule has 2 aliphatic heterocycles. The van der Waals surface area contributed by atoms with E-state index in [2.05, 4.69) is 0 Å². The van der Waals surface area contributed by atoms with Crippen molar-refractivity contribution in [3.63, 3.8) is 0 Å². The standard InChI is InChI=1S/C24H28N2O4S/c1-29-21-11-6-16(13-22(21)30-2)20-5-4-12-25(20)24(28)17-14-23(27)26(15-17)18-7-9-19(31-3)10-8-18/h6-11,13,17,20H,4-5,12,14-15H2,1-3H3.